The first-order valence-electron chi connectivity index (χ1n) is 6.03. The normalized spacial score (nSPS) is 11.8. The molecule has 5 heteroatoms. The second kappa shape index (κ2) is 6.69. The monoisotopic (exact) mass is 385 g/mol. The molecule has 0 saturated carbocycles. The van der Waals surface area contributed by atoms with E-state index in [4.69, 9.17) is 4.74 Å². The van der Waals surface area contributed by atoms with Crippen LogP contribution in [0.15, 0.2) is 48.5 Å². The molecule has 3 nitrogen and oxygen atoms in total. The van der Waals surface area contributed by atoms with Crippen molar-refractivity contribution >= 4 is 34.2 Å². The molecule has 0 bridgehead atoms. The van der Waals surface area contributed by atoms with Crippen LogP contribution in [0, 0.1) is 9.39 Å². The van der Waals surface area contributed by atoms with Crippen LogP contribution in [0.25, 0.3) is 0 Å². The summed E-state index contributed by atoms with van der Waals surface area (Å²) >= 11 is 2.18. The maximum Gasteiger partial charge on any atom is 0.265 e. The molecule has 1 unspecified atom stereocenters. The van der Waals surface area contributed by atoms with E-state index >= 15 is 0 Å². The van der Waals surface area contributed by atoms with Gasteiger partial charge in [0.05, 0.1) is 0 Å². The minimum absolute atomic E-state index is 0.282. The molecule has 0 fully saturated rings. The summed E-state index contributed by atoms with van der Waals surface area (Å²) in [5.41, 5.74) is 0.537. The quantitative estimate of drug-likeness (QED) is 0.813. The van der Waals surface area contributed by atoms with Gasteiger partial charge in [0.2, 0.25) is 0 Å². The minimum atomic E-state index is -0.641. The summed E-state index contributed by atoms with van der Waals surface area (Å²) in [6.07, 6.45) is -0.641. The molecule has 0 aliphatic carbocycles. The summed E-state index contributed by atoms with van der Waals surface area (Å²) in [6.45, 7) is 1.67. The Bertz CT molecular complexity index is 601. The average Bonchev–Trinajstić information content (AvgIpc) is 2.41. The largest absolute Gasteiger partial charge is 0.481 e. The Morgan fingerprint density at radius 1 is 1.25 bits per heavy atom. The van der Waals surface area contributed by atoms with E-state index in [0.717, 1.165) is 3.57 Å². The van der Waals surface area contributed by atoms with Crippen LogP contribution in [0.1, 0.15) is 6.92 Å². The number of carbonyl (C=O) groups is 1. The predicted octanol–water partition coefficient (Wildman–Crippen LogP) is 3.84. The maximum atomic E-state index is 12.8. The van der Waals surface area contributed by atoms with Crippen LogP contribution in [-0.4, -0.2) is 12.0 Å². The molecule has 104 valence electrons. The third kappa shape index (κ3) is 4.19. The standard InChI is InChI=1S/C15H13FINO2/c1-10(20-14-4-2-3-12(17)9-14)15(19)18-13-7-5-11(16)6-8-13/h2-10H,1H3,(H,18,19). The van der Waals surface area contributed by atoms with Crippen molar-refractivity contribution < 1.29 is 13.9 Å². The molecular weight excluding hydrogens is 372 g/mol. The first-order chi connectivity index (χ1) is 9.54. The molecule has 0 aliphatic rings. The molecule has 20 heavy (non-hydrogen) atoms. The average molecular weight is 385 g/mol. The molecule has 0 spiro atoms. The van der Waals surface area contributed by atoms with Crippen molar-refractivity contribution in [3.63, 3.8) is 0 Å². The number of carbonyl (C=O) groups excluding carboxylic acids is 1. The fourth-order valence-electron chi connectivity index (χ4n) is 1.58. The molecular formula is C15H13FINO2. The van der Waals surface area contributed by atoms with E-state index in [-0.39, 0.29) is 11.7 Å². The lowest BCUT2D eigenvalue weighted by Gasteiger charge is -2.15. The van der Waals surface area contributed by atoms with Gasteiger partial charge in [0, 0.05) is 9.26 Å². The van der Waals surface area contributed by atoms with Crippen LogP contribution >= 0.6 is 22.6 Å². The first-order valence-corrected chi connectivity index (χ1v) is 7.11. The molecule has 2 aromatic rings. The van der Waals surface area contributed by atoms with E-state index < -0.39 is 6.10 Å². The van der Waals surface area contributed by atoms with E-state index in [1.165, 1.54) is 24.3 Å². The highest BCUT2D eigenvalue weighted by Gasteiger charge is 2.14. The van der Waals surface area contributed by atoms with E-state index in [2.05, 4.69) is 27.9 Å². The highest BCUT2D eigenvalue weighted by Crippen LogP contribution is 2.17. The fraction of sp³-hybridized carbons (Fsp3) is 0.133. The summed E-state index contributed by atoms with van der Waals surface area (Å²) in [6, 6.07) is 13.0. The molecule has 0 aliphatic heterocycles. The Kier molecular flexibility index (Phi) is 4.94. The molecule has 1 atom stereocenters. The van der Waals surface area contributed by atoms with Crippen LogP contribution in [0.2, 0.25) is 0 Å². The zero-order valence-electron chi connectivity index (χ0n) is 10.8. The van der Waals surface area contributed by atoms with E-state index in [0.29, 0.717) is 11.4 Å². The number of benzene rings is 2. The summed E-state index contributed by atoms with van der Waals surface area (Å²) in [7, 11) is 0. The molecule has 0 heterocycles. The lowest BCUT2D eigenvalue weighted by atomic mass is 10.3. The second-order valence-corrected chi connectivity index (χ2v) is 5.46. The first kappa shape index (κ1) is 14.8. The SMILES string of the molecule is CC(Oc1cccc(I)c1)C(=O)Nc1ccc(F)cc1. The number of rotatable bonds is 4. The number of halogens is 2. The zero-order chi connectivity index (χ0) is 14.5. The molecule has 0 saturated heterocycles. The Morgan fingerprint density at radius 3 is 2.60 bits per heavy atom. The molecule has 1 amide bonds. The second-order valence-electron chi connectivity index (χ2n) is 4.21. The fourth-order valence-corrected chi connectivity index (χ4v) is 2.09. The summed E-state index contributed by atoms with van der Waals surface area (Å²) in [5.74, 6) is 0.0142. The summed E-state index contributed by atoms with van der Waals surface area (Å²) in [5, 5.41) is 2.67. The van der Waals surface area contributed by atoms with Crippen molar-refractivity contribution in [1.29, 1.82) is 0 Å². The number of amides is 1. The topological polar surface area (TPSA) is 38.3 Å². The van der Waals surface area contributed by atoms with Gasteiger partial charge in [-0.05, 0) is 72.0 Å². The van der Waals surface area contributed by atoms with Gasteiger partial charge < -0.3 is 10.1 Å². The van der Waals surface area contributed by atoms with Crippen molar-refractivity contribution in [2.24, 2.45) is 0 Å². The van der Waals surface area contributed by atoms with Crippen molar-refractivity contribution in [2.75, 3.05) is 5.32 Å². The van der Waals surface area contributed by atoms with Gasteiger partial charge in [0.1, 0.15) is 11.6 Å². The van der Waals surface area contributed by atoms with E-state index in [1.54, 1.807) is 13.0 Å². The van der Waals surface area contributed by atoms with Gasteiger partial charge in [0.25, 0.3) is 5.91 Å². The number of ether oxygens (including phenoxy) is 1. The third-order valence-corrected chi connectivity index (χ3v) is 3.26. The Morgan fingerprint density at radius 2 is 1.95 bits per heavy atom. The minimum Gasteiger partial charge on any atom is -0.481 e. The van der Waals surface area contributed by atoms with E-state index in [1.807, 2.05) is 18.2 Å². The molecule has 2 aromatic carbocycles. The van der Waals surface area contributed by atoms with Crippen molar-refractivity contribution in [3.05, 3.63) is 57.9 Å². The Labute approximate surface area is 130 Å². The summed E-state index contributed by atoms with van der Waals surface area (Å²) < 4.78 is 19.4. The lowest BCUT2D eigenvalue weighted by Crippen LogP contribution is -2.30. The lowest BCUT2D eigenvalue weighted by molar-refractivity contribution is -0.122. The molecule has 0 aromatic heterocycles. The van der Waals surface area contributed by atoms with Gasteiger partial charge in [-0.25, -0.2) is 4.39 Å². The predicted molar refractivity (Wildman–Crippen MR) is 84.3 cm³/mol. The Balaban J connectivity index is 1.96. The van der Waals surface area contributed by atoms with Crippen LogP contribution in [0.3, 0.4) is 0 Å². The highest BCUT2D eigenvalue weighted by atomic mass is 127. The summed E-state index contributed by atoms with van der Waals surface area (Å²) in [4.78, 5) is 12.0. The number of nitrogens with one attached hydrogen (secondary N) is 1. The number of hydrogen-bond donors (Lipinski definition) is 1. The van der Waals surface area contributed by atoms with Gasteiger partial charge in [-0.3, -0.25) is 4.79 Å². The van der Waals surface area contributed by atoms with E-state index in [9.17, 15) is 9.18 Å². The number of anilines is 1. The van der Waals surface area contributed by atoms with Crippen LogP contribution < -0.4 is 10.1 Å². The Hall–Kier alpha value is -1.63. The van der Waals surface area contributed by atoms with Crippen LogP contribution in [0.4, 0.5) is 10.1 Å². The maximum absolute atomic E-state index is 12.8. The number of hydrogen-bond acceptors (Lipinski definition) is 2. The smallest absolute Gasteiger partial charge is 0.265 e. The highest BCUT2D eigenvalue weighted by molar-refractivity contribution is 14.1. The van der Waals surface area contributed by atoms with Gasteiger partial charge >= 0.3 is 0 Å². The van der Waals surface area contributed by atoms with Gasteiger partial charge in [-0.2, -0.15) is 0 Å². The van der Waals surface area contributed by atoms with Crippen LogP contribution in [-0.2, 0) is 4.79 Å². The van der Waals surface area contributed by atoms with Crippen molar-refractivity contribution in [1.82, 2.24) is 0 Å². The van der Waals surface area contributed by atoms with Gasteiger partial charge in [-0.1, -0.05) is 6.07 Å². The van der Waals surface area contributed by atoms with Gasteiger partial charge in [0.15, 0.2) is 6.10 Å². The van der Waals surface area contributed by atoms with Crippen molar-refractivity contribution in [3.8, 4) is 5.75 Å². The third-order valence-electron chi connectivity index (χ3n) is 2.59. The van der Waals surface area contributed by atoms with Crippen LogP contribution in [0.5, 0.6) is 5.75 Å². The van der Waals surface area contributed by atoms with Crippen molar-refractivity contribution in [2.45, 2.75) is 13.0 Å². The van der Waals surface area contributed by atoms with Gasteiger partial charge in [-0.15, -0.1) is 0 Å². The molecule has 1 N–H and O–H groups in total. The molecule has 2 rings (SSSR count). The molecule has 0 radical (unpaired) electrons. The zero-order valence-corrected chi connectivity index (χ0v) is 12.9.